The molecule has 2 heterocycles. The minimum Gasteiger partial charge on any atom is -0.459 e. The van der Waals surface area contributed by atoms with Crippen molar-refractivity contribution in [3.63, 3.8) is 0 Å². The minimum atomic E-state index is -1.08. The first-order valence-corrected chi connectivity index (χ1v) is 10.6. The molecule has 8 nitrogen and oxygen atoms in total. The highest BCUT2D eigenvalue weighted by molar-refractivity contribution is 6.03. The van der Waals surface area contributed by atoms with E-state index in [1.807, 2.05) is 13.0 Å². The minimum absolute atomic E-state index is 0.155. The lowest BCUT2D eigenvalue weighted by Crippen LogP contribution is -2.44. The van der Waals surface area contributed by atoms with E-state index >= 15 is 0 Å². The van der Waals surface area contributed by atoms with E-state index in [0.717, 1.165) is 5.56 Å². The molecule has 0 radical (unpaired) electrons. The molecule has 1 aromatic heterocycles. The third-order valence-electron chi connectivity index (χ3n) is 5.34. The van der Waals surface area contributed by atoms with Gasteiger partial charge in [-0.1, -0.05) is 36.4 Å². The number of esters is 1. The van der Waals surface area contributed by atoms with Crippen molar-refractivity contribution in [3.05, 3.63) is 89.4 Å². The zero-order valence-electron chi connectivity index (χ0n) is 18.2. The lowest BCUT2D eigenvalue weighted by molar-refractivity contribution is -0.145. The van der Waals surface area contributed by atoms with Gasteiger partial charge in [-0.05, 0) is 36.8 Å². The first-order chi connectivity index (χ1) is 16.0. The molecule has 1 N–H and O–H groups in total. The first-order valence-electron chi connectivity index (χ1n) is 10.6. The summed E-state index contributed by atoms with van der Waals surface area (Å²) in [5.74, 6) is -1.24. The van der Waals surface area contributed by atoms with Gasteiger partial charge in [0, 0.05) is 24.3 Å². The number of hydrogen-bond acceptors (Lipinski definition) is 6. The normalized spacial score (nSPS) is 14.4. The summed E-state index contributed by atoms with van der Waals surface area (Å²) in [5.41, 5.74) is 2.00. The van der Waals surface area contributed by atoms with Crippen LogP contribution < -0.4 is 5.32 Å². The summed E-state index contributed by atoms with van der Waals surface area (Å²) in [6.07, 6.45) is 0.323. The van der Waals surface area contributed by atoms with Crippen molar-refractivity contribution in [3.8, 4) is 0 Å². The second-order valence-electron chi connectivity index (χ2n) is 7.59. The number of carbonyl (C=O) groups is 3. The Morgan fingerprint density at radius 3 is 2.45 bits per heavy atom. The number of ether oxygens (including phenoxy) is 2. The quantitative estimate of drug-likeness (QED) is 0.579. The lowest BCUT2D eigenvalue weighted by atomic mass is 10.1. The third-order valence-corrected chi connectivity index (χ3v) is 5.34. The molecular weight excluding hydrogens is 424 g/mol. The van der Waals surface area contributed by atoms with Crippen molar-refractivity contribution >= 4 is 23.5 Å². The van der Waals surface area contributed by atoms with Gasteiger partial charge in [-0.3, -0.25) is 9.59 Å². The number of carbonyl (C=O) groups excluding carboxylic acids is 3. The topological polar surface area (TPSA) is 98.1 Å². The average molecular weight is 448 g/mol. The molecule has 4 rings (SSSR count). The maximum Gasteiger partial charge on any atom is 0.339 e. The molecule has 3 aromatic rings. The third kappa shape index (κ3) is 5.30. The Hall–Kier alpha value is -3.91. The molecule has 0 saturated carbocycles. The van der Waals surface area contributed by atoms with Crippen LogP contribution in [0.4, 0.5) is 5.69 Å². The van der Waals surface area contributed by atoms with Crippen LogP contribution in [0, 0.1) is 6.92 Å². The molecular formula is C25H24N2O6. The molecule has 8 heteroatoms. The van der Waals surface area contributed by atoms with Crippen LogP contribution in [-0.4, -0.2) is 49.0 Å². The second kappa shape index (κ2) is 10.1. The lowest BCUT2D eigenvalue weighted by Gasteiger charge is -2.30. The Morgan fingerprint density at radius 2 is 1.76 bits per heavy atom. The molecule has 2 amide bonds. The zero-order valence-corrected chi connectivity index (χ0v) is 18.2. The number of hydrogen-bond donors (Lipinski definition) is 1. The molecule has 1 fully saturated rings. The monoisotopic (exact) mass is 448 g/mol. The Balaban J connectivity index is 1.55. The number of aryl methyl sites for hydroxylation is 1. The van der Waals surface area contributed by atoms with Gasteiger partial charge in [0.05, 0.1) is 25.0 Å². The van der Waals surface area contributed by atoms with Gasteiger partial charge >= 0.3 is 5.97 Å². The number of nitrogens with one attached hydrogen (secondary N) is 1. The molecule has 1 aliphatic rings. The van der Waals surface area contributed by atoms with Crippen LogP contribution >= 0.6 is 0 Å². The summed E-state index contributed by atoms with van der Waals surface area (Å²) in [6, 6.07) is 16.9. The summed E-state index contributed by atoms with van der Waals surface area (Å²) in [6.45, 7) is 3.57. The van der Waals surface area contributed by atoms with Crippen LogP contribution in [-0.2, 0) is 14.3 Å². The van der Waals surface area contributed by atoms with Crippen molar-refractivity contribution in [2.24, 2.45) is 0 Å². The van der Waals surface area contributed by atoms with Crippen LogP contribution in [0.25, 0.3) is 0 Å². The first kappa shape index (κ1) is 22.3. The highest BCUT2D eigenvalue weighted by Crippen LogP contribution is 2.25. The largest absolute Gasteiger partial charge is 0.459 e. The van der Waals surface area contributed by atoms with Gasteiger partial charge in [0.25, 0.3) is 11.8 Å². The van der Waals surface area contributed by atoms with Crippen molar-refractivity contribution in [1.29, 1.82) is 0 Å². The van der Waals surface area contributed by atoms with E-state index in [9.17, 15) is 14.4 Å². The zero-order chi connectivity index (χ0) is 23.2. The van der Waals surface area contributed by atoms with Gasteiger partial charge < -0.3 is 24.1 Å². The molecule has 33 heavy (non-hydrogen) atoms. The summed E-state index contributed by atoms with van der Waals surface area (Å²) in [7, 11) is 0. The number of amides is 2. The SMILES string of the molecule is Cc1ccc(C(=O)O[C@@H](C(=O)N2CCOCC2)c2ccccc2)cc1NC(=O)c1ccco1. The van der Waals surface area contributed by atoms with Gasteiger partial charge in [0.1, 0.15) is 0 Å². The molecule has 1 atom stereocenters. The highest BCUT2D eigenvalue weighted by atomic mass is 16.5. The van der Waals surface area contributed by atoms with E-state index in [4.69, 9.17) is 13.9 Å². The maximum atomic E-state index is 13.2. The fourth-order valence-corrected chi connectivity index (χ4v) is 3.49. The van der Waals surface area contributed by atoms with Crippen molar-refractivity contribution in [2.75, 3.05) is 31.6 Å². The second-order valence-corrected chi connectivity index (χ2v) is 7.59. The molecule has 170 valence electrons. The Labute approximate surface area is 191 Å². The maximum absolute atomic E-state index is 13.2. The summed E-state index contributed by atoms with van der Waals surface area (Å²) in [5, 5.41) is 2.74. The number of rotatable bonds is 6. The van der Waals surface area contributed by atoms with Crippen molar-refractivity contribution in [1.82, 2.24) is 4.90 Å². The van der Waals surface area contributed by atoms with E-state index in [1.165, 1.54) is 12.3 Å². The predicted molar refractivity (Wildman–Crippen MR) is 120 cm³/mol. The fourth-order valence-electron chi connectivity index (χ4n) is 3.49. The molecule has 0 unspecified atom stereocenters. The van der Waals surface area contributed by atoms with Crippen molar-refractivity contribution < 1.29 is 28.3 Å². The standard InChI is InChI=1S/C25H24N2O6/c1-17-9-10-19(16-20(17)26-23(28)21-8-5-13-32-21)25(30)33-22(18-6-3-2-4-7-18)24(29)27-11-14-31-15-12-27/h2-10,13,16,22H,11-12,14-15H2,1H3,(H,26,28)/t22-/m1/s1. The number of furan rings is 1. The Morgan fingerprint density at radius 1 is 1.00 bits per heavy atom. The predicted octanol–water partition coefficient (Wildman–Crippen LogP) is 3.60. The van der Waals surface area contributed by atoms with Gasteiger partial charge in [-0.2, -0.15) is 0 Å². The summed E-state index contributed by atoms with van der Waals surface area (Å²) >= 11 is 0. The Bertz CT molecular complexity index is 1120. The van der Waals surface area contributed by atoms with Crippen LogP contribution in [0.3, 0.4) is 0 Å². The fraction of sp³-hybridized carbons (Fsp3) is 0.240. The molecule has 0 spiro atoms. The molecule has 2 aromatic carbocycles. The number of benzene rings is 2. The summed E-state index contributed by atoms with van der Waals surface area (Å²) in [4.78, 5) is 40.2. The molecule has 1 aliphatic heterocycles. The smallest absolute Gasteiger partial charge is 0.339 e. The van der Waals surface area contributed by atoms with Crippen LogP contribution in [0.15, 0.2) is 71.3 Å². The highest BCUT2D eigenvalue weighted by Gasteiger charge is 2.31. The van der Waals surface area contributed by atoms with E-state index in [1.54, 1.807) is 53.4 Å². The van der Waals surface area contributed by atoms with Gasteiger partial charge in [0.15, 0.2) is 5.76 Å². The average Bonchev–Trinajstić information content (AvgIpc) is 3.40. The molecule has 0 aliphatic carbocycles. The van der Waals surface area contributed by atoms with Crippen LogP contribution in [0.5, 0.6) is 0 Å². The molecule has 1 saturated heterocycles. The van der Waals surface area contributed by atoms with Gasteiger partial charge in [-0.25, -0.2) is 4.79 Å². The van der Waals surface area contributed by atoms with Gasteiger partial charge in [0.2, 0.25) is 6.10 Å². The van der Waals surface area contributed by atoms with Crippen LogP contribution in [0.1, 0.15) is 38.1 Å². The molecule has 0 bridgehead atoms. The number of morpholine rings is 1. The van der Waals surface area contributed by atoms with E-state index in [-0.39, 0.29) is 17.2 Å². The number of nitrogens with zero attached hydrogens (tertiary/aromatic N) is 1. The number of anilines is 1. The summed E-state index contributed by atoms with van der Waals surface area (Å²) < 4.78 is 16.1. The van der Waals surface area contributed by atoms with E-state index in [0.29, 0.717) is 37.6 Å². The Kier molecular flexibility index (Phi) is 6.85. The van der Waals surface area contributed by atoms with E-state index < -0.39 is 18.0 Å². The van der Waals surface area contributed by atoms with Gasteiger partial charge in [-0.15, -0.1) is 0 Å². The van der Waals surface area contributed by atoms with Crippen LogP contribution in [0.2, 0.25) is 0 Å². The van der Waals surface area contributed by atoms with E-state index in [2.05, 4.69) is 5.32 Å². The van der Waals surface area contributed by atoms with Crippen molar-refractivity contribution in [2.45, 2.75) is 13.0 Å².